The molecule has 0 aliphatic carbocycles. The summed E-state index contributed by atoms with van der Waals surface area (Å²) in [6.45, 7) is 2.59. The highest BCUT2D eigenvalue weighted by Gasteiger charge is 2.29. The molecule has 0 radical (unpaired) electrons. The summed E-state index contributed by atoms with van der Waals surface area (Å²) >= 11 is 1.29. The quantitative estimate of drug-likeness (QED) is 0.739. The second kappa shape index (κ2) is 6.16. The predicted molar refractivity (Wildman–Crippen MR) is 91.9 cm³/mol. The third kappa shape index (κ3) is 2.71. The molecule has 122 valence electrons. The van der Waals surface area contributed by atoms with Crippen molar-refractivity contribution in [1.82, 2.24) is 15.2 Å². The van der Waals surface area contributed by atoms with Crippen LogP contribution in [0.1, 0.15) is 12.5 Å². The van der Waals surface area contributed by atoms with Gasteiger partial charge in [-0.3, -0.25) is 4.79 Å². The normalized spacial score (nSPS) is 14.6. The van der Waals surface area contributed by atoms with Gasteiger partial charge in [0.15, 0.2) is 0 Å². The number of nitrogens with zero attached hydrogens (tertiary/aromatic N) is 3. The SMILES string of the molecule is C[C@H](Sc1nnc(-c2ccc[nH]2)o1)C(=O)N1CCc2ccccc21. The molecule has 1 atom stereocenters. The van der Waals surface area contributed by atoms with Crippen LogP contribution in [-0.4, -0.2) is 32.9 Å². The molecule has 6 nitrogen and oxygen atoms in total. The summed E-state index contributed by atoms with van der Waals surface area (Å²) in [6, 6.07) is 11.8. The summed E-state index contributed by atoms with van der Waals surface area (Å²) in [5, 5.41) is 8.13. The van der Waals surface area contributed by atoms with Crippen molar-refractivity contribution in [3.63, 3.8) is 0 Å². The number of benzene rings is 1. The van der Waals surface area contributed by atoms with Gasteiger partial charge in [0.2, 0.25) is 5.91 Å². The molecular formula is C17H16N4O2S. The number of H-pyrrole nitrogens is 1. The van der Waals surface area contributed by atoms with E-state index in [1.165, 1.54) is 17.3 Å². The van der Waals surface area contributed by atoms with Crippen molar-refractivity contribution in [3.05, 3.63) is 48.2 Å². The number of carbonyl (C=O) groups excluding carboxylic acids is 1. The fraction of sp³-hybridized carbons (Fsp3) is 0.235. The number of fused-ring (bicyclic) bond motifs is 1. The Bertz CT molecular complexity index is 859. The molecule has 3 aromatic rings. The largest absolute Gasteiger partial charge is 0.410 e. The predicted octanol–water partition coefficient (Wildman–Crippen LogP) is 3.13. The molecule has 1 aromatic carbocycles. The van der Waals surface area contributed by atoms with Crippen molar-refractivity contribution in [2.45, 2.75) is 23.8 Å². The molecule has 7 heteroatoms. The molecule has 0 saturated heterocycles. The van der Waals surface area contributed by atoms with Crippen LogP contribution in [0.15, 0.2) is 52.2 Å². The van der Waals surface area contributed by atoms with Crippen molar-refractivity contribution in [3.8, 4) is 11.6 Å². The molecule has 0 unspecified atom stereocenters. The molecule has 0 spiro atoms. The van der Waals surface area contributed by atoms with Crippen LogP contribution in [-0.2, 0) is 11.2 Å². The Balaban J connectivity index is 1.47. The number of aromatic amines is 1. The standard InChI is InChI=1S/C17H16N4O2S/c1-11(16(22)21-10-8-12-5-2-3-7-14(12)21)24-17-20-19-15(23-17)13-6-4-9-18-13/h2-7,9,11,18H,8,10H2,1H3/t11-/m0/s1. The van der Waals surface area contributed by atoms with E-state index in [0.29, 0.717) is 11.1 Å². The van der Waals surface area contributed by atoms with E-state index in [9.17, 15) is 4.79 Å². The molecule has 1 N–H and O–H groups in total. The van der Waals surface area contributed by atoms with E-state index in [1.807, 2.05) is 42.2 Å². The number of amides is 1. The van der Waals surface area contributed by atoms with Crippen molar-refractivity contribution < 1.29 is 9.21 Å². The lowest BCUT2D eigenvalue weighted by atomic mass is 10.2. The molecule has 0 saturated carbocycles. The number of thioether (sulfide) groups is 1. The van der Waals surface area contributed by atoms with E-state index in [4.69, 9.17) is 4.42 Å². The van der Waals surface area contributed by atoms with Gasteiger partial charge >= 0.3 is 0 Å². The first-order chi connectivity index (χ1) is 11.7. The lowest BCUT2D eigenvalue weighted by Gasteiger charge is -2.20. The average molecular weight is 340 g/mol. The van der Waals surface area contributed by atoms with Gasteiger partial charge in [0.1, 0.15) is 5.69 Å². The number of nitrogens with one attached hydrogen (secondary N) is 1. The topological polar surface area (TPSA) is 75.0 Å². The smallest absolute Gasteiger partial charge is 0.277 e. The van der Waals surface area contributed by atoms with E-state index < -0.39 is 0 Å². The zero-order valence-electron chi connectivity index (χ0n) is 13.1. The van der Waals surface area contributed by atoms with E-state index in [1.54, 1.807) is 6.20 Å². The molecule has 0 fully saturated rings. The second-order valence-corrected chi connectivity index (χ2v) is 6.88. The van der Waals surface area contributed by atoms with Gasteiger partial charge in [-0.15, -0.1) is 10.2 Å². The number of rotatable bonds is 4. The van der Waals surface area contributed by atoms with Crippen LogP contribution in [0.25, 0.3) is 11.6 Å². The first-order valence-corrected chi connectivity index (χ1v) is 8.63. The third-order valence-corrected chi connectivity index (χ3v) is 4.94. The third-order valence-electron chi connectivity index (χ3n) is 4.01. The highest BCUT2D eigenvalue weighted by molar-refractivity contribution is 8.00. The van der Waals surface area contributed by atoms with Gasteiger partial charge in [-0.25, -0.2) is 0 Å². The Morgan fingerprint density at radius 2 is 2.17 bits per heavy atom. The molecular weight excluding hydrogens is 324 g/mol. The van der Waals surface area contributed by atoms with Crippen LogP contribution < -0.4 is 4.90 Å². The lowest BCUT2D eigenvalue weighted by Crippen LogP contribution is -2.35. The van der Waals surface area contributed by atoms with Gasteiger partial charge in [0.25, 0.3) is 11.1 Å². The Hall–Kier alpha value is -2.54. The number of hydrogen-bond donors (Lipinski definition) is 1. The number of aromatic nitrogens is 3. The van der Waals surface area contributed by atoms with Gasteiger partial charge in [-0.05, 0) is 37.1 Å². The maximum Gasteiger partial charge on any atom is 0.277 e. The Morgan fingerprint density at radius 1 is 1.29 bits per heavy atom. The van der Waals surface area contributed by atoms with Gasteiger partial charge in [0, 0.05) is 18.4 Å². The number of hydrogen-bond acceptors (Lipinski definition) is 5. The lowest BCUT2D eigenvalue weighted by molar-refractivity contribution is -0.117. The fourth-order valence-electron chi connectivity index (χ4n) is 2.82. The van der Waals surface area contributed by atoms with Crippen molar-refractivity contribution in [2.24, 2.45) is 0 Å². The van der Waals surface area contributed by atoms with Gasteiger partial charge in [0.05, 0.1) is 5.25 Å². The van der Waals surface area contributed by atoms with E-state index in [-0.39, 0.29) is 11.2 Å². The summed E-state index contributed by atoms with van der Waals surface area (Å²) < 4.78 is 5.62. The second-order valence-electron chi connectivity index (χ2n) is 5.59. The summed E-state index contributed by atoms with van der Waals surface area (Å²) in [5.74, 6) is 0.484. The van der Waals surface area contributed by atoms with Crippen LogP contribution in [0.4, 0.5) is 5.69 Å². The number of para-hydroxylation sites is 1. The van der Waals surface area contributed by atoms with Crippen LogP contribution in [0.5, 0.6) is 0 Å². The first kappa shape index (κ1) is 15.0. The van der Waals surface area contributed by atoms with Gasteiger partial charge in [-0.2, -0.15) is 0 Å². The number of carbonyl (C=O) groups is 1. The van der Waals surface area contributed by atoms with Crippen LogP contribution >= 0.6 is 11.8 Å². The summed E-state index contributed by atoms with van der Waals surface area (Å²) in [4.78, 5) is 17.6. The van der Waals surface area contributed by atoms with Crippen LogP contribution in [0, 0.1) is 0 Å². The highest BCUT2D eigenvalue weighted by atomic mass is 32.2. The van der Waals surface area contributed by atoms with Crippen molar-refractivity contribution in [2.75, 3.05) is 11.4 Å². The average Bonchev–Trinajstić information content (AvgIpc) is 3.33. The zero-order valence-corrected chi connectivity index (χ0v) is 13.9. The maximum absolute atomic E-state index is 12.8. The fourth-order valence-corrected chi connectivity index (χ4v) is 3.56. The monoisotopic (exact) mass is 340 g/mol. The molecule has 1 aliphatic rings. The molecule has 2 aromatic heterocycles. The summed E-state index contributed by atoms with van der Waals surface area (Å²) in [6.07, 6.45) is 2.69. The van der Waals surface area contributed by atoms with Gasteiger partial charge in [-0.1, -0.05) is 30.0 Å². The zero-order chi connectivity index (χ0) is 16.5. The Labute approximate surface area is 143 Å². The molecule has 0 bridgehead atoms. The van der Waals surface area contributed by atoms with Crippen LogP contribution in [0.3, 0.4) is 0 Å². The minimum absolute atomic E-state index is 0.0598. The number of anilines is 1. The Kier molecular flexibility index (Phi) is 3.86. The van der Waals surface area contributed by atoms with E-state index in [2.05, 4.69) is 21.2 Å². The summed E-state index contributed by atoms with van der Waals surface area (Å²) in [7, 11) is 0. The van der Waals surface area contributed by atoms with Crippen LogP contribution in [0.2, 0.25) is 0 Å². The molecule has 1 aliphatic heterocycles. The maximum atomic E-state index is 12.8. The summed E-state index contributed by atoms with van der Waals surface area (Å²) in [5.41, 5.74) is 2.99. The van der Waals surface area contributed by atoms with Crippen molar-refractivity contribution >= 4 is 23.4 Å². The highest BCUT2D eigenvalue weighted by Crippen LogP contribution is 2.31. The van der Waals surface area contributed by atoms with E-state index >= 15 is 0 Å². The minimum atomic E-state index is -0.298. The minimum Gasteiger partial charge on any atom is -0.410 e. The molecule has 24 heavy (non-hydrogen) atoms. The van der Waals surface area contributed by atoms with E-state index in [0.717, 1.165) is 24.3 Å². The molecule has 3 heterocycles. The first-order valence-electron chi connectivity index (χ1n) is 7.75. The Morgan fingerprint density at radius 3 is 3.00 bits per heavy atom. The molecule has 1 amide bonds. The van der Waals surface area contributed by atoms with Gasteiger partial charge < -0.3 is 14.3 Å². The molecule has 4 rings (SSSR count). The van der Waals surface area contributed by atoms with Crippen molar-refractivity contribution in [1.29, 1.82) is 0 Å².